The summed E-state index contributed by atoms with van der Waals surface area (Å²) in [6.07, 6.45) is 7.73. The van der Waals surface area contributed by atoms with Gasteiger partial charge in [0.25, 0.3) is 0 Å². The van der Waals surface area contributed by atoms with Gasteiger partial charge in [0.2, 0.25) is 0 Å². The summed E-state index contributed by atoms with van der Waals surface area (Å²) in [5.74, 6) is 0.187. The van der Waals surface area contributed by atoms with Crippen LogP contribution in [0.4, 0.5) is 0 Å². The molecule has 2 aromatic carbocycles. The second kappa shape index (κ2) is 7.77. The maximum Gasteiger partial charge on any atom is 0.0714 e. The largest absolute Gasteiger partial charge is 0.389 e. The van der Waals surface area contributed by atoms with Gasteiger partial charge in [-0.25, -0.2) is 0 Å². The summed E-state index contributed by atoms with van der Waals surface area (Å²) in [5.41, 5.74) is 2.34. The van der Waals surface area contributed by atoms with Gasteiger partial charge < -0.3 is 5.11 Å². The number of rotatable bonds is 5. The second-order valence-electron chi connectivity index (χ2n) is 8.82. The first kappa shape index (κ1) is 18.7. The molecule has 0 aromatic heterocycles. The van der Waals surface area contributed by atoms with E-state index in [0.717, 1.165) is 32.1 Å². The zero-order valence-corrected chi connectivity index (χ0v) is 16.6. The van der Waals surface area contributed by atoms with E-state index in [1.807, 2.05) is 0 Å². The van der Waals surface area contributed by atoms with Crippen LogP contribution in [-0.4, -0.2) is 34.2 Å². The Kier molecular flexibility index (Phi) is 5.39. The maximum absolute atomic E-state index is 11.5. The molecule has 1 unspecified atom stereocenters. The summed E-state index contributed by atoms with van der Waals surface area (Å²) in [6.45, 7) is 4.65. The van der Waals surface area contributed by atoms with Gasteiger partial charge in [0.05, 0.1) is 5.60 Å². The summed E-state index contributed by atoms with van der Waals surface area (Å²) in [4.78, 5) is 2.74. The van der Waals surface area contributed by atoms with Crippen LogP contribution < -0.4 is 0 Å². The van der Waals surface area contributed by atoms with Crippen molar-refractivity contribution < 1.29 is 5.11 Å². The van der Waals surface area contributed by atoms with E-state index in [4.69, 9.17) is 0 Å². The summed E-state index contributed by atoms with van der Waals surface area (Å²) >= 11 is 0. The Morgan fingerprint density at radius 1 is 0.852 bits per heavy atom. The van der Waals surface area contributed by atoms with E-state index in [2.05, 4.69) is 72.5 Å². The van der Waals surface area contributed by atoms with Crippen molar-refractivity contribution in [3.8, 4) is 0 Å². The average molecular weight is 364 g/mol. The van der Waals surface area contributed by atoms with Crippen LogP contribution in [0.15, 0.2) is 60.7 Å². The molecule has 1 aliphatic carbocycles. The number of hydrogen-bond donors (Lipinski definition) is 1. The van der Waals surface area contributed by atoms with Gasteiger partial charge in [-0.2, -0.15) is 0 Å². The highest BCUT2D eigenvalue weighted by atomic mass is 16.3. The molecule has 1 N–H and O–H groups in total. The van der Waals surface area contributed by atoms with E-state index >= 15 is 0 Å². The average Bonchev–Trinajstić information content (AvgIpc) is 3.26. The van der Waals surface area contributed by atoms with Crippen molar-refractivity contribution in [3.63, 3.8) is 0 Å². The lowest BCUT2D eigenvalue weighted by molar-refractivity contribution is -0.0640. The van der Waals surface area contributed by atoms with E-state index in [9.17, 15) is 5.11 Å². The maximum atomic E-state index is 11.5. The fraction of sp³-hybridized carbons (Fsp3) is 0.520. The fourth-order valence-electron chi connectivity index (χ4n) is 5.41. The summed E-state index contributed by atoms with van der Waals surface area (Å²) < 4.78 is 0. The van der Waals surface area contributed by atoms with Crippen LogP contribution in [0.3, 0.4) is 0 Å². The molecule has 2 nitrogen and oxygen atoms in total. The molecule has 2 aliphatic rings. The van der Waals surface area contributed by atoms with Gasteiger partial charge in [-0.1, -0.05) is 67.6 Å². The van der Waals surface area contributed by atoms with E-state index in [1.165, 1.54) is 37.1 Å². The molecular weight excluding hydrogens is 330 g/mol. The Balaban J connectivity index is 1.54. The Labute approximate surface area is 164 Å². The minimum absolute atomic E-state index is 0.187. The highest BCUT2D eigenvalue weighted by Crippen LogP contribution is 2.47. The zero-order valence-electron chi connectivity index (χ0n) is 16.6. The highest BCUT2D eigenvalue weighted by molar-refractivity contribution is 5.24. The highest BCUT2D eigenvalue weighted by Gasteiger charge is 2.47. The number of benzene rings is 2. The predicted octanol–water partition coefficient (Wildman–Crippen LogP) is 5.17. The Bertz CT molecular complexity index is 713. The molecule has 1 saturated heterocycles. The first-order valence-electron chi connectivity index (χ1n) is 10.7. The normalized spacial score (nSPS) is 30.3. The predicted molar refractivity (Wildman–Crippen MR) is 112 cm³/mol. The summed E-state index contributed by atoms with van der Waals surface area (Å²) in [5, 5.41) is 11.5. The van der Waals surface area contributed by atoms with Crippen LogP contribution in [0.1, 0.15) is 62.5 Å². The molecule has 2 heteroatoms. The molecule has 2 aromatic rings. The summed E-state index contributed by atoms with van der Waals surface area (Å²) in [7, 11) is 0. The van der Waals surface area contributed by atoms with Crippen molar-refractivity contribution in [2.45, 2.75) is 68.9 Å². The smallest absolute Gasteiger partial charge is 0.0714 e. The molecule has 0 spiro atoms. The van der Waals surface area contributed by atoms with Gasteiger partial charge in [-0.3, -0.25) is 4.90 Å². The molecule has 0 amide bonds. The topological polar surface area (TPSA) is 23.5 Å². The van der Waals surface area contributed by atoms with E-state index in [1.54, 1.807) is 0 Å². The number of aliphatic hydroxyl groups is 1. The van der Waals surface area contributed by atoms with E-state index < -0.39 is 5.60 Å². The molecule has 0 bridgehead atoms. The third kappa shape index (κ3) is 3.83. The number of hydrogen-bond acceptors (Lipinski definition) is 2. The molecule has 2 fully saturated rings. The van der Waals surface area contributed by atoms with Gasteiger partial charge in [-0.05, 0) is 69.2 Å². The minimum Gasteiger partial charge on any atom is -0.389 e. The van der Waals surface area contributed by atoms with Crippen molar-refractivity contribution in [3.05, 3.63) is 71.8 Å². The van der Waals surface area contributed by atoms with Gasteiger partial charge in [0.15, 0.2) is 0 Å². The monoisotopic (exact) mass is 363 g/mol. The lowest BCUT2D eigenvalue weighted by Gasteiger charge is -2.51. The fourth-order valence-corrected chi connectivity index (χ4v) is 5.41. The first-order chi connectivity index (χ1) is 13.1. The van der Waals surface area contributed by atoms with Crippen molar-refractivity contribution in [2.24, 2.45) is 0 Å². The standard InChI is InChI=1S/C25H33NO/c1-21(23-12-6-3-7-13-23)25(27)16-14-24(15-17-25,26-18-8-9-19-26)20-22-10-4-2-5-11-22/h2-7,10-13,21,27H,8-9,14-20H2,1H3. The van der Waals surface area contributed by atoms with Gasteiger partial charge in [0.1, 0.15) is 0 Å². The summed E-state index contributed by atoms with van der Waals surface area (Å²) in [6, 6.07) is 21.5. The van der Waals surface area contributed by atoms with Crippen molar-refractivity contribution in [2.75, 3.05) is 13.1 Å². The van der Waals surface area contributed by atoms with Gasteiger partial charge >= 0.3 is 0 Å². The Morgan fingerprint density at radius 3 is 2.00 bits per heavy atom. The number of nitrogens with zero attached hydrogens (tertiary/aromatic N) is 1. The zero-order chi connectivity index (χ0) is 18.7. The molecule has 1 atom stereocenters. The van der Waals surface area contributed by atoms with Crippen LogP contribution in [0.25, 0.3) is 0 Å². The molecule has 1 heterocycles. The molecule has 0 radical (unpaired) electrons. The van der Waals surface area contributed by atoms with Crippen LogP contribution in [-0.2, 0) is 6.42 Å². The third-order valence-electron chi connectivity index (χ3n) is 7.31. The molecule has 27 heavy (non-hydrogen) atoms. The van der Waals surface area contributed by atoms with Crippen LogP contribution >= 0.6 is 0 Å². The third-order valence-corrected chi connectivity index (χ3v) is 7.31. The van der Waals surface area contributed by atoms with Crippen LogP contribution in [0, 0.1) is 0 Å². The molecule has 1 saturated carbocycles. The van der Waals surface area contributed by atoms with Crippen LogP contribution in [0.5, 0.6) is 0 Å². The Hall–Kier alpha value is -1.64. The molecular formula is C25H33NO. The lowest BCUT2D eigenvalue weighted by atomic mass is 9.66. The number of likely N-dealkylation sites (tertiary alicyclic amines) is 1. The molecule has 4 rings (SSSR count). The van der Waals surface area contributed by atoms with Gasteiger partial charge in [0, 0.05) is 11.5 Å². The molecule has 1 aliphatic heterocycles. The second-order valence-corrected chi connectivity index (χ2v) is 8.82. The first-order valence-corrected chi connectivity index (χ1v) is 10.7. The Morgan fingerprint density at radius 2 is 1.41 bits per heavy atom. The quantitative estimate of drug-likeness (QED) is 0.792. The lowest BCUT2D eigenvalue weighted by Crippen LogP contribution is -2.55. The SMILES string of the molecule is CC(c1ccccc1)C1(O)CCC(Cc2ccccc2)(N2CCCC2)CC1. The van der Waals surface area contributed by atoms with Gasteiger partial charge in [-0.15, -0.1) is 0 Å². The van der Waals surface area contributed by atoms with E-state index in [0.29, 0.717) is 0 Å². The van der Waals surface area contributed by atoms with E-state index in [-0.39, 0.29) is 11.5 Å². The van der Waals surface area contributed by atoms with Crippen LogP contribution in [0.2, 0.25) is 0 Å². The minimum atomic E-state index is -0.582. The molecule has 144 valence electrons. The van der Waals surface area contributed by atoms with Crippen molar-refractivity contribution >= 4 is 0 Å². The van der Waals surface area contributed by atoms with Crippen molar-refractivity contribution in [1.82, 2.24) is 4.90 Å². The van der Waals surface area contributed by atoms with Crippen molar-refractivity contribution in [1.29, 1.82) is 0 Å².